The Balaban J connectivity index is 1.34. The van der Waals surface area contributed by atoms with Gasteiger partial charge in [-0.1, -0.05) is 24.1 Å². The Morgan fingerprint density at radius 2 is 2.09 bits per heavy atom. The number of ether oxygens (including phenoxy) is 1. The van der Waals surface area contributed by atoms with Crippen LogP contribution in [0.2, 0.25) is 0 Å². The summed E-state index contributed by atoms with van der Waals surface area (Å²) in [5.41, 5.74) is 2.34. The zero-order valence-electron chi connectivity index (χ0n) is 18.6. The van der Waals surface area contributed by atoms with Gasteiger partial charge in [0.25, 0.3) is 5.91 Å². The number of aryl methyl sites for hydroxylation is 2. The number of hydrogen-bond donors (Lipinski definition) is 2. The molecule has 0 radical (unpaired) electrons. The number of amides is 1. The molecule has 0 bridgehead atoms. The van der Waals surface area contributed by atoms with Crippen LogP contribution in [-0.2, 0) is 24.9 Å². The Hall–Kier alpha value is -3.57. The molecule has 184 valence electrons. The van der Waals surface area contributed by atoms with E-state index in [4.69, 9.17) is 9.84 Å². The van der Waals surface area contributed by atoms with Crippen molar-refractivity contribution in [1.29, 1.82) is 0 Å². The molecule has 2 N–H and O–H groups in total. The molecule has 35 heavy (non-hydrogen) atoms. The average Bonchev–Trinajstić information content (AvgIpc) is 3.28. The zero-order valence-corrected chi connectivity index (χ0v) is 18.6. The molecular weight excluding hydrogens is 467 g/mol. The lowest BCUT2D eigenvalue weighted by molar-refractivity contribution is -0.153. The fraction of sp³-hybridized carbons (Fsp3) is 0.478. The van der Waals surface area contributed by atoms with E-state index in [1.54, 1.807) is 16.8 Å². The van der Waals surface area contributed by atoms with Crippen molar-refractivity contribution in [3.63, 3.8) is 0 Å². The Kier molecular flexibility index (Phi) is 4.84. The summed E-state index contributed by atoms with van der Waals surface area (Å²) in [6.45, 7) is -0.777. The van der Waals surface area contributed by atoms with Crippen LogP contribution in [0.4, 0.5) is 13.2 Å². The van der Waals surface area contributed by atoms with Crippen LogP contribution >= 0.6 is 0 Å². The maximum absolute atomic E-state index is 13.4. The number of nitrogens with zero attached hydrogens (tertiary/aromatic N) is 3. The zero-order chi connectivity index (χ0) is 24.4. The highest BCUT2D eigenvalue weighted by Crippen LogP contribution is 2.44. The van der Waals surface area contributed by atoms with Crippen LogP contribution in [-0.4, -0.2) is 38.6 Å². The van der Waals surface area contributed by atoms with Gasteiger partial charge in [-0.2, -0.15) is 18.3 Å². The first-order valence-corrected chi connectivity index (χ1v) is 11.5. The number of halogens is 3. The minimum atomic E-state index is -4.42. The average molecular weight is 489 g/mol. The number of aromatic nitrogens is 4. The molecule has 3 aliphatic rings. The van der Waals surface area contributed by atoms with Gasteiger partial charge in [-0.05, 0) is 48.4 Å². The third-order valence-electron chi connectivity index (χ3n) is 7.00. The van der Waals surface area contributed by atoms with Gasteiger partial charge in [0.2, 0.25) is 5.82 Å². The standard InChI is InChI=1S/C23H22F3N5O4/c24-23(25,26)11-34-14-3-4-15-13(9-14)5-7-22(15)10-16-17(20(32)28-22)18(19-27-21(33)35-30-19)31(29-16)8-6-12-1-2-12/h3-4,9,12H,1-2,5-8,10-11H2,(H,28,32)(H,27,30,33)/t22-/m0/s1. The smallest absolute Gasteiger partial charge is 0.439 e. The normalized spacial score (nSPS) is 21.2. The van der Waals surface area contributed by atoms with Crippen LogP contribution in [0.25, 0.3) is 11.5 Å². The highest BCUT2D eigenvalue weighted by Gasteiger charge is 2.47. The number of carbonyl (C=O) groups excluding carboxylic acids is 1. The van der Waals surface area contributed by atoms with E-state index in [9.17, 15) is 22.8 Å². The minimum Gasteiger partial charge on any atom is -0.484 e. The van der Waals surface area contributed by atoms with Crippen molar-refractivity contribution < 1.29 is 27.2 Å². The molecule has 3 aromatic rings. The van der Waals surface area contributed by atoms with Crippen molar-refractivity contribution in [1.82, 2.24) is 25.2 Å². The molecule has 2 aliphatic carbocycles. The van der Waals surface area contributed by atoms with Gasteiger partial charge in [-0.3, -0.25) is 19.0 Å². The summed E-state index contributed by atoms with van der Waals surface area (Å²) >= 11 is 0. The van der Waals surface area contributed by atoms with Crippen LogP contribution in [0.5, 0.6) is 5.75 Å². The number of fused-ring (bicyclic) bond motifs is 3. The summed E-state index contributed by atoms with van der Waals surface area (Å²) in [5, 5.41) is 11.7. The van der Waals surface area contributed by atoms with E-state index in [0.29, 0.717) is 48.7 Å². The SMILES string of the molecule is O=C1N[C@@]2(CCc3cc(OCC(F)(F)F)ccc32)Cc2nn(CCC3CC3)c(-c3noc(=O)[nH]3)c21. The monoisotopic (exact) mass is 489 g/mol. The van der Waals surface area contributed by atoms with Gasteiger partial charge in [0.05, 0.1) is 16.8 Å². The second-order valence-corrected chi connectivity index (χ2v) is 9.50. The molecule has 1 aliphatic heterocycles. The van der Waals surface area contributed by atoms with E-state index in [0.717, 1.165) is 17.5 Å². The van der Waals surface area contributed by atoms with Gasteiger partial charge in [0.15, 0.2) is 6.61 Å². The van der Waals surface area contributed by atoms with Crippen molar-refractivity contribution in [3.05, 3.63) is 51.1 Å². The predicted molar refractivity (Wildman–Crippen MR) is 115 cm³/mol. The van der Waals surface area contributed by atoms with Gasteiger partial charge < -0.3 is 10.1 Å². The number of rotatable bonds is 6. The summed E-state index contributed by atoms with van der Waals surface area (Å²) in [5.74, 6) is -0.125. The lowest BCUT2D eigenvalue weighted by Gasteiger charge is -2.35. The van der Waals surface area contributed by atoms with Crippen molar-refractivity contribution in [3.8, 4) is 17.3 Å². The van der Waals surface area contributed by atoms with Crippen LogP contribution in [0.3, 0.4) is 0 Å². The number of alkyl halides is 3. The van der Waals surface area contributed by atoms with Crippen molar-refractivity contribution >= 4 is 5.91 Å². The molecule has 1 atom stereocenters. The van der Waals surface area contributed by atoms with Crippen LogP contribution in [0.1, 0.15) is 52.9 Å². The molecule has 1 amide bonds. The Morgan fingerprint density at radius 1 is 1.26 bits per heavy atom. The summed E-state index contributed by atoms with van der Waals surface area (Å²) in [6.07, 6.45) is 0.416. The lowest BCUT2D eigenvalue weighted by Crippen LogP contribution is -2.49. The number of H-pyrrole nitrogens is 1. The van der Waals surface area contributed by atoms with Crippen LogP contribution in [0.15, 0.2) is 27.5 Å². The lowest BCUT2D eigenvalue weighted by atomic mass is 9.82. The van der Waals surface area contributed by atoms with E-state index >= 15 is 0 Å². The molecule has 3 heterocycles. The highest BCUT2D eigenvalue weighted by atomic mass is 19.4. The summed E-state index contributed by atoms with van der Waals surface area (Å²) in [4.78, 5) is 27.6. The van der Waals surface area contributed by atoms with E-state index < -0.39 is 24.1 Å². The van der Waals surface area contributed by atoms with Crippen LogP contribution < -0.4 is 15.8 Å². The molecular formula is C23H22F3N5O4. The Bertz CT molecular complexity index is 1370. The predicted octanol–water partition coefficient (Wildman–Crippen LogP) is 3.10. The second kappa shape index (κ2) is 7.72. The summed E-state index contributed by atoms with van der Waals surface area (Å²) in [6, 6.07) is 4.83. The molecule has 0 unspecified atom stereocenters. The maximum atomic E-state index is 13.4. The van der Waals surface area contributed by atoms with Gasteiger partial charge in [-0.15, -0.1) is 0 Å². The molecule has 0 saturated heterocycles. The quantitative estimate of drug-likeness (QED) is 0.550. The number of benzene rings is 1. The molecule has 1 aromatic carbocycles. The van der Waals surface area contributed by atoms with E-state index in [1.165, 1.54) is 18.9 Å². The molecule has 1 fully saturated rings. The Labute approximate surface area is 196 Å². The van der Waals surface area contributed by atoms with Crippen molar-refractivity contribution in [2.75, 3.05) is 6.61 Å². The highest BCUT2D eigenvalue weighted by molar-refractivity contribution is 6.02. The molecule has 9 nitrogen and oxygen atoms in total. The third-order valence-corrected chi connectivity index (χ3v) is 7.00. The maximum Gasteiger partial charge on any atom is 0.439 e. The van der Waals surface area contributed by atoms with Gasteiger partial charge in [0, 0.05) is 13.0 Å². The molecule has 1 saturated carbocycles. The number of hydrogen-bond acceptors (Lipinski definition) is 6. The second-order valence-electron chi connectivity index (χ2n) is 9.50. The fourth-order valence-corrected chi connectivity index (χ4v) is 5.22. The minimum absolute atomic E-state index is 0.141. The van der Waals surface area contributed by atoms with E-state index in [2.05, 4.69) is 20.0 Å². The van der Waals surface area contributed by atoms with Crippen molar-refractivity contribution in [2.45, 2.75) is 56.8 Å². The van der Waals surface area contributed by atoms with Crippen LogP contribution in [0, 0.1) is 5.92 Å². The van der Waals surface area contributed by atoms with E-state index in [-0.39, 0.29) is 17.5 Å². The number of carbonyl (C=O) groups is 1. The fourth-order valence-electron chi connectivity index (χ4n) is 5.22. The first-order valence-electron chi connectivity index (χ1n) is 11.5. The van der Waals surface area contributed by atoms with Gasteiger partial charge >= 0.3 is 11.9 Å². The molecule has 2 aromatic heterocycles. The Morgan fingerprint density at radius 3 is 2.80 bits per heavy atom. The van der Waals surface area contributed by atoms with Gasteiger partial charge in [0.1, 0.15) is 11.4 Å². The summed E-state index contributed by atoms with van der Waals surface area (Å²) < 4.78 is 48.9. The molecule has 12 heteroatoms. The third kappa shape index (κ3) is 4.00. The first kappa shape index (κ1) is 21.9. The summed E-state index contributed by atoms with van der Waals surface area (Å²) in [7, 11) is 0. The first-order chi connectivity index (χ1) is 16.7. The topological polar surface area (TPSA) is 115 Å². The number of nitrogens with one attached hydrogen (secondary N) is 2. The largest absolute Gasteiger partial charge is 0.484 e. The van der Waals surface area contributed by atoms with Crippen molar-refractivity contribution in [2.24, 2.45) is 5.92 Å². The van der Waals surface area contributed by atoms with Gasteiger partial charge in [-0.25, -0.2) is 4.79 Å². The molecule has 6 rings (SSSR count). The molecule has 1 spiro atoms. The van der Waals surface area contributed by atoms with E-state index in [1.807, 2.05) is 0 Å². The number of aromatic amines is 1.